The fourth-order valence-electron chi connectivity index (χ4n) is 4.31. The third kappa shape index (κ3) is 3.00. The summed E-state index contributed by atoms with van der Waals surface area (Å²) in [5.74, 6) is -0.782. The van der Waals surface area contributed by atoms with Crippen molar-refractivity contribution in [1.29, 1.82) is 0 Å². The number of hydrogen-bond acceptors (Lipinski definition) is 6. The van der Waals surface area contributed by atoms with Crippen LogP contribution in [-0.2, 0) is 19.1 Å². The van der Waals surface area contributed by atoms with Crippen molar-refractivity contribution in [2.45, 2.75) is 26.4 Å². The lowest BCUT2D eigenvalue weighted by molar-refractivity contribution is -0.150. The number of hydrogen-bond donors (Lipinski definition) is 0. The first-order valence-electron chi connectivity index (χ1n) is 9.53. The average molecular weight is 382 g/mol. The first-order valence-corrected chi connectivity index (χ1v) is 9.53. The number of carbonyl (C=O) groups excluding carboxylic acids is 3. The Bertz CT molecular complexity index is 847. The van der Waals surface area contributed by atoms with Gasteiger partial charge in [-0.1, -0.05) is 24.3 Å². The lowest BCUT2D eigenvalue weighted by Crippen LogP contribution is -2.28. The molecule has 1 aromatic rings. The van der Waals surface area contributed by atoms with Crippen LogP contribution < -0.4 is 4.74 Å². The second-order valence-electron chi connectivity index (χ2n) is 7.28. The number of benzene rings is 1. The molecule has 3 aliphatic rings. The van der Waals surface area contributed by atoms with Crippen LogP contribution in [0, 0.1) is 23.7 Å². The molecule has 7 heteroatoms. The number of para-hydroxylation sites is 1. The number of nitrogens with zero attached hydrogens (tertiary/aromatic N) is 2. The summed E-state index contributed by atoms with van der Waals surface area (Å²) in [7, 11) is 0. The molecule has 7 nitrogen and oxygen atoms in total. The van der Waals surface area contributed by atoms with E-state index in [1.54, 1.807) is 38.1 Å². The summed E-state index contributed by atoms with van der Waals surface area (Å²) in [6.07, 6.45) is 5.62. The minimum Gasteiger partial charge on any atom is -0.478 e. The van der Waals surface area contributed by atoms with Gasteiger partial charge in [-0.05, 0) is 44.2 Å². The zero-order chi connectivity index (χ0) is 19.8. The summed E-state index contributed by atoms with van der Waals surface area (Å²) in [6.45, 7) is 3.60. The third-order valence-corrected chi connectivity index (χ3v) is 5.60. The molecule has 2 bridgehead atoms. The summed E-state index contributed by atoms with van der Waals surface area (Å²) in [5.41, 5.74) is 0.567. The van der Waals surface area contributed by atoms with Crippen molar-refractivity contribution in [3.63, 3.8) is 0 Å². The molecular formula is C21H22N2O5. The van der Waals surface area contributed by atoms with Crippen molar-refractivity contribution in [2.75, 3.05) is 6.61 Å². The third-order valence-electron chi connectivity index (χ3n) is 5.60. The van der Waals surface area contributed by atoms with Crippen LogP contribution >= 0.6 is 0 Å². The number of amides is 2. The molecule has 0 aromatic heterocycles. The van der Waals surface area contributed by atoms with E-state index in [0.717, 1.165) is 11.4 Å². The van der Waals surface area contributed by atoms with Gasteiger partial charge >= 0.3 is 5.97 Å². The van der Waals surface area contributed by atoms with Crippen molar-refractivity contribution in [1.82, 2.24) is 5.01 Å². The van der Waals surface area contributed by atoms with Crippen LogP contribution in [0.3, 0.4) is 0 Å². The van der Waals surface area contributed by atoms with Gasteiger partial charge in [-0.2, -0.15) is 10.1 Å². The minimum absolute atomic E-state index is 0.146. The first kappa shape index (κ1) is 18.4. The second kappa shape index (κ2) is 7.22. The summed E-state index contributed by atoms with van der Waals surface area (Å²) < 4.78 is 10.6. The molecule has 5 atom stereocenters. The van der Waals surface area contributed by atoms with Crippen molar-refractivity contribution < 1.29 is 23.9 Å². The molecule has 1 aliphatic heterocycles. The Kier molecular flexibility index (Phi) is 4.75. The highest BCUT2D eigenvalue weighted by atomic mass is 16.6. The van der Waals surface area contributed by atoms with E-state index in [0.29, 0.717) is 11.3 Å². The molecule has 28 heavy (non-hydrogen) atoms. The summed E-state index contributed by atoms with van der Waals surface area (Å²) in [4.78, 5) is 37.2. The van der Waals surface area contributed by atoms with Gasteiger partial charge in [0.15, 0.2) is 6.10 Å². The first-order chi connectivity index (χ1) is 13.5. The van der Waals surface area contributed by atoms with Crippen molar-refractivity contribution in [3.05, 3.63) is 42.0 Å². The minimum atomic E-state index is -0.786. The van der Waals surface area contributed by atoms with Crippen LogP contribution in [0.15, 0.2) is 41.5 Å². The number of ether oxygens (including phenoxy) is 2. The van der Waals surface area contributed by atoms with Crippen LogP contribution in [-0.4, -0.2) is 41.7 Å². The summed E-state index contributed by atoms with van der Waals surface area (Å²) in [6, 6.07) is 7.00. The molecule has 1 saturated heterocycles. The number of carbonyl (C=O) groups is 3. The SMILES string of the molecule is CCOC(=O)C(C)Oc1ccccc1C=NN1C(=O)C2C3C=CC(C3)C2C1=O. The Morgan fingerprint density at radius 2 is 1.86 bits per heavy atom. The maximum atomic E-state index is 12.7. The number of rotatable bonds is 6. The van der Waals surface area contributed by atoms with Gasteiger partial charge in [-0.25, -0.2) is 4.79 Å². The molecule has 5 unspecified atom stereocenters. The highest BCUT2D eigenvalue weighted by Gasteiger charge is 2.59. The Balaban J connectivity index is 1.51. The van der Waals surface area contributed by atoms with E-state index in [2.05, 4.69) is 5.10 Å². The van der Waals surface area contributed by atoms with Gasteiger partial charge < -0.3 is 9.47 Å². The van der Waals surface area contributed by atoms with Crippen LogP contribution in [0.4, 0.5) is 0 Å². The van der Waals surface area contributed by atoms with Gasteiger partial charge in [0.05, 0.1) is 24.7 Å². The largest absolute Gasteiger partial charge is 0.478 e. The molecule has 2 aliphatic carbocycles. The second-order valence-corrected chi connectivity index (χ2v) is 7.28. The van der Waals surface area contributed by atoms with E-state index >= 15 is 0 Å². The Labute approximate surface area is 163 Å². The maximum Gasteiger partial charge on any atom is 0.347 e. The highest BCUT2D eigenvalue weighted by molar-refractivity contribution is 6.06. The number of hydrazone groups is 1. The predicted octanol–water partition coefficient (Wildman–Crippen LogP) is 2.16. The summed E-state index contributed by atoms with van der Waals surface area (Å²) in [5, 5.41) is 5.16. The zero-order valence-corrected chi connectivity index (χ0v) is 15.8. The zero-order valence-electron chi connectivity index (χ0n) is 15.8. The van der Waals surface area contributed by atoms with Crippen molar-refractivity contribution >= 4 is 24.0 Å². The van der Waals surface area contributed by atoms with E-state index in [1.165, 1.54) is 6.21 Å². The van der Waals surface area contributed by atoms with Crippen LogP contribution in [0.2, 0.25) is 0 Å². The molecule has 2 amide bonds. The molecule has 1 heterocycles. The number of imide groups is 1. The fraction of sp³-hybridized carbons (Fsp3) is 0.429. The van der Waals surface area contributed by atoms with Crippen LogP contribution in [0.5, 0.6) is 5.75 Å². The fourth-order valence-corrected chi connectivity index (χ4v) is 4.31. The Hall–Kier alpha value is -2.96. The highest BCUT2D eigenvalue weighted by Crippen LogP contribution is 2.52. The lowest BCUT2D eigenvalue weighted by atomic mass is 9.85. The van der Waals surface area contributed by atoms with Gasteiger partial charge in [-0.15, -0.1) is 0 Å². The predicted molar refractivity (Wildman–Crippen MR) is 100 cm³/mol. The standard InChI is InChI=1S/C21H22N2O5/c1-3-27-21(26)12(2)28-16-7-5-4-6-15(16)11-22-23-19(24)17-13-8-9-14(10-13)18(17)20(23)25/h4-9,11-14,17-18H,3,10H2,1-2H3. The Morgan fingerprint density at radius 1 is 1.21 bits per heavy atom. The molecular weight excluding hydrogens is 360 g/mol. The Morgan fingerprint density at radius 3 is 2.50 bits per heavy atom. The molecule has 2 fully saturated rings. The molecule has 1 aromatic carbocycles. The molecule has 0 N–H and O–H groups in total. The van der Waals surface area contributed by atoms with Gasteiger partial charge in [0.2, 0.25) is 0 Å². The maximum absolute atomic E-state index is 12.7. The van der Waals surface area contributed by atoms with Gasteiger partial charge in [-0.3, -0.25) is 9.59 Å². The molecule has 0 radical (unpaired) electrons. The smallest absolute Gasteiger partial charge is 0.347 e. The number of fused-ring (bicyclic) bond motifs is 5. The summed E-state index contributed by atoms with van der Waals surface area (Å²) >= 11 is 0. The monoisotopic (exact) mass is 382 g/mol. The molecule has 0 spiro atoms. The van der Waals surface area contributed by atoms with Crippen molar-refractivity contribution in [3.8, 4) is 5.75 Å². The number of allylic oxidation sites excluding steroid dienone is 2. The van der Waals surface area contributed by atoms with E-state index in [9.17, 15) is 14.4 Å². The normalized spacial score (nSPS) is 28.9. The topological polar surface area (TPSA) is 85.3 Å². The lowest BCUT2D eigenvalue weighted by Gasteiger charge is -2.15. The molecule has 1 saturated carbocycles. The van der Waals surface area contributed by atoms with Gasteiger partial charge in [0.1, 0.15) is 5.75 Å². The average Bonchev–Trinajstić information content (AvgIpc) is 3.36. The van der Waals surface area contributed by atoms with Crippen LogP contribution in [0.25, 0.3) is 0 Å². The van der Waals surface area contributed by atoms with Crippen LogP contribution in [0.1, 0.15) is 25.8 Å². The van der Waals surface area contributed by atoms with E-state index < -0.39 is 12.1 Å². The molecule has 4 rings (SSSR count). The van der Waals surface area contributed by atoms with Gasteiger partial charge in [0, 0.05) is 5.56 Å². The van der Waals surface area contributed by atoms with E-state index in [1.807, 2.05) is 12.2 Å². The van der Waals surface area contributed by atoms with Crippen molar-refractivity contribution in [2.24, 2.45) is 28.8 Å². The quantitative estimate of drug-likeness (QED) is 0.326. The van der Waals surface area contributed by atoms with E-state index in [4.69, 9.17) is 9.47 Å². The molecule has 146 valence electrons. The number of esters is 1. The van der Waals surface area contributed by atoms with E-state index in [-0.39, 0.29) is 42.1 Å². The van der Waals surface area contributed by atoms with Gasteiger partial charge in [0.25, 0.3) is 11.8 Å².